The molecule has 0 fully saturated rings. The summed E-state index contributed by atoms with van der Waals surface area (Å²) in [5, 5.41) is 0.587. The zero-order chi connectivity index (χ0) is 21.3. The van der Waals surface area contributed by atoms with Crippen molar-refractivity contribution in [2.45, 2.75) is 19.0 Å². The number of halogens is 4. The van der Waals surface area contributed by atoms with Crippen LogP contribution in [-0.4, -0.2) is 10.8 Å². The third-order valence-corrected chi connectivity index (χ3v) is 5.00. The average Bonchev–Trinajstić information content (AvgIpc) is 3.11. The van der Waals surface area contributed by atoms with Crippen molar-refractivity contribution in [1.82, 2.24) is 4.98 Å². The van der Waals surface area contributed by atoms with Gasteiger partial charge in [0.15, 0.2) is 5.78 Å². The number of rotatable bonds is 5. The highest BCUT2D eigenvalue weighted by Crippen LogP contribution is 2.34. The van der Waals surface area contributed by atoms with E-state index in [1.165, 1.54) is 18.2 Å². The molecule has 3 aromatic carbocycles. The van der Waals surface area contributed by atoms with E-state index in [0.29, 0.717) is 27.7 Å². The average molecular weight is 411 g/mol. The van der Waals surface area contributed by atoms with E-state index in [0.717, 1.165) is 17.7 Å². The maximum Gasteiger partial charge on any atom is 0.416 e. The van der Waals surface area contributed by atoms with Crippen LogP contribution in [0.15, 0.2) is 72.8 Å². The van der Waals surface area contributed by atoms with E-state index in [1.54, 1.807) is 12.1 Å². The van der Waals surface area contributed by atoms with Gasteiger partial charge in [-0.15, -0.1) is 0 Å². The summed E-state index contributed by atoms with van der Waals surface area (Å²) in [6, 6.07) is 18.4. The molecule has 0 aliphatic heterocycles. The van der Waals surface area contributed by atoms with Gasteiger partial charge in [-0.2, -0.15) is 13.2 Å². The summed E-state index contributed by atoms with van der Waals surface area (Å²) in [4.78, 5) is 16.1. The number of benzene rings is 3. The lowest BCUT2D eigenvalue weighted by Gasteiger charge is -2.09. The molecule has 0 aliphatic rings. The molecule has 0 unspecified atom stereocenters. The quantitative estimate of drug-likeness (QED) is 0.284. The number of aromatic amines is 1. The molecular weight excluding hydrogens is 394 g/mol. The minimum Gasteiger partial charge on any atom is -0.352 e. The van der Waals surface area contributed by atoms with Crippen LogP contribution >= 0.6 is 0 Å². The van der Waals surface area contributed by atoms with Crippen LogP contribution in [-0.2, 0) is 12.6 Å². The van der Waals surface area contributed by atoms with Crippen molar-refractivity contribution in [2.75, 3.05) is 0 Å². The van der Waals surface area contributed by atoms with E-state index in [9.17, 15) is 22.4 Å². The third kappa shape index (κ3) is 3.99. The lowest BCUT2D eigenvalue weighted by atomic mass is 9.97. The first kappa shape index (κ1) is 19.9. The van der Waals surface area contributed by atoms with Crippen molar-refractivity contribution in [2.24, 2.45) is 0 Å². The number of alkyl halides is 3. The van der Waals surface area contributed by atoms with Crippen LogP contribution in [0.2, 0.25) is 0 Å². The zero-order valence-corrected chi connectivity index (χ0v) is 15.8. The van der Waals surface area contributed by atoms with Gasteiger partial charge in [-0.25, -0.2) is 4.39 Å². The Labute approximate surface area is 170 Å². The molecule has 0 amide bonds. The molecular formula is C24H17F4NO. The molecule has 0 atom stereocenters. The van der Waals surface area contributed by atoms with Gasteiger partial charge in [-0.1, -0.05) is 48.5 Å². The zero-order valence-electron chi connectivity index (χ0n) is 15.8. The smallest absolute Gasteiger partial charge is 0.352 e. The molecule has 0 spiro atoms. The SMILES string of the molecule is O=C(CCc1cccc(C(F)(F)F)c1)c1[nH]c2ccc(F)cc2c1-c1ccccc1. The Bertz CT molecular complexity index is 1210. The number of hydrogen-bond acceptors (Lipinski definition) is 1. The molecule has 1 heterocycles. The van der Waals surface area contributed by atoms with E-state index in [4.69, 9.17) is 0 Å². The summed E-state index contributed by atoms with van der Waals surface area (Å²) in [7, 11) is 0. The highest BCUT2D eigenvalue weighted by atomic mass is 19.4. The largest absolute Gasteiger partial charge is 0.416 e. The molecule has 1 N–H and O–H groups in total. The van der Waals surface area contributed by atoms with Gasteiger partial charge < -0.3 is 4.98 Å². The lowest BCUT2D eigenvalue weighted by molar-refractivity contribution is -0.137. The number of aryl methyl sites for hydroxylation is 1. The maximum absolute atomic E-state index is 13.9. The molecule has 4 aromatic rings. The van der Waals surface area contributed by atoms with E-state index in [2.05, 4.69) is 4.98 Å². The van der Waals surface area contributed by atoms with E-state index in [-0.39, 0.29) is 18.6 Å². The lowest BCUT2D eigenvalue weighted by Crippen LogP contribution is -2.07. The summed E-state index contributed by atoms with van der Waals surface area (Å²) < 4.78 is 52.6. The van der Waals surface area contributed by atoms with Gasteiger partial charge in [0.2, 0.25) is 0 Å². The fourth-order valence-electron chi connectivity index (χ4n) is 3.56. The molecule has 30 heavy (non-hydrogen) atoms. The second kappa shape index (κ2) is 7.78. The molecule has 0 bridgehead atoms. The molecule has 0 radical (unpaired) electrons. The monoisotopic (exact) mass is 411 g/mol. The Morgan fingerprint density at radius 1 is 0.900 bits per heavy atom. The first-order valence-corrected chi connectivity index (χ1v) is 9.39. The number of Topliss-reactive ketones (excluding diaryl/α,β-unsaturated/α-hetero) is 1. The van der Waals surface area contributed by atoms with E-state index in [1.807, 2.05) is 30.3 Å². The summed E-state index contributed by atoms with van der Waals surface area (Å²) >= 11 is 0. The number of aromatic nitrogens is 1. The highest BCUT2D eigenvalue weighted by Gasteiger charge is 2.30. The molecule has 2 nitrogen and oxygen atoms in total. The van der Waals surface area contributed by atoms with Gasteiger partial charge in [0.05, 0.1) is 11.3 Å². The number of H-pyrrole nitrogens is 1. The van der Waals surface area contributed by atoms with Crippen LogP contribution < -0.4 is 0 Å². The Morgan fingerprint density at radius 3 is 2.40 bits per heavy atom. The molecule has 0 saturated heterocycles. The van der Waals surface area contributed by atoms with Gasteiger partial charge in [0.25, 0.3) is 0 Å². The van der Waals surface area contributed by atoms with Crippen LogP contribution in [0, 0.1) is 5.82 Å². The Hall–Kier alpha value is -3.41. The molecule has 0 saturated carbocycles. The van der Waals surface area contributed by atoms with Crippen LogP contribution in [0.3, 0.4) is 0 Å². The first-order chi connectivity index (χ1) is 14.3. The van der Waals surface area contributed by atoms with Crippen molar-refractivity contribution in [3.63, 3.8) is 0 Å². The summed E-state index contributed by atoms with van der Waals surface area (Å²) in [6.07, 6.45) is -4.24. The van der Waals surface area contributed by atoms with Crippen molar-refractivity contribution in [1.29, 1.82) is 0 Å². The minimum atomic E-state index is -4.43. The van der Waals surface area contributed by atoms with Crippen molar-refractivity contribution in [3.05, 3.63) is 95.4 Å². The second-order valence-electron chi connectivity index (χ2n) is 7.05. The summed E-state index contributed by atoms with van der Waals surface area (Å²) in [5.41, 5.74) is 2.00. The van der Waals surface area contributed by atoms with Crippen LogP contribution in [0.5, 0.6) is 0 Å². The minimum absolute atomic E-state index is 0.0243. The Morgan fingerprint density at radius 2 is 1.67 bits per heavy atom. The van der Waals surface area contributed by atoms with Crippen molar-refractivity contribution in [3.8, 4) is 11.1 Å². The first-order valence-electron chi connectivity index (χ1n) is 9.39. The second-order valence-corrected chi connectivity index (χ2v) is 7.05. The molecule has 4 rings (SSSR count). The van der Waals surface area contributed by atoms with E-state index >= 15 is 0 Å². The molecule has 6 heteroatoms. The Balaban J connectivity index is 1.67. The van der Waals surface area contributed by atoms with Gasteiger partial charge in [-0.05, 0) is 41.8 Å². The number of carbonyl (C=O) groups is 1. The predicted molar refractivity (Wildman–Crippen MR) is 108 cm³/mol. The third-order valence-electron chi connectivity index (χ3n) is 5.00. The number of carbonyl (C=O) groups excluding carboxylic acids is 1. The van der Waals surface area contributed by atoms with Crippen molar-refractivity contribution >= 4 is 16.7 Å². The number of nitrogens with one attached hydrogen (secondary N) is 1. The summed E-state index contributed by atoms with van der Waals surface area (Å²) in [6.45, 7) is 0. The van der Waals surface area contributed by atoms with Crippen molar-refractivity contribution < 1.29 is 22.4 Å². The maximum atomic E-state index is 13.9. The fraction of sp³-hybridized carbons (Fsp3) is 0.125. The van der Waals surface area contributed by atoms with E-state index < -0.39 is 17.6 Å². The topological polar surface area (TPSA) is 32.9 Å². The predicted octanol–water partition coefficient (Wildman–Crippen LogP) is 6.81. The van der Waals surface area contributed by atoms with Crippen LogP contribution in [0.1, 0.15) is 28.0 Å². The standard InChI is InChI=1S/C24H17F4NO/c25-18-10-11-20-19(14-18)22(16-6-2-1-3-7-16)23(29-20)21(30)12-9-15-5-4-8-17(13-15)24(26,27)28/h1-8,10-11,13-14,29H,9,12H2. The fourth-order valence-corrected chi connectivity index (χ4v) is 3.56. The van der Waals surface area contributed by atoms with Gasteiger partial charge in [0.1, 0.15) is 5.82 Å². The van der Waals surface area contributed by atoms with Crippen LogP contribution in [0.4, 0.5) is 17.6 Å². The Kier molecular flexibility index (Phi) is 5.16. The number of fused-ring (bicyclic) bond motifs is 1. The summed E-state index contributed by atoms with van der Waals surface area (Å²) in [5.74, 6) is -0.662. The van der Waals surface area contributed by atoms with Crippen LogP contribution in [0.25, 0.3) is 22.0 Å². The molecule has 152 valence electrons. The molecule has 0 aliphatic carbocycles. The number of ketones is 1. The van der Waals surface area contributed by atoms with Gasteiger partial charge in [0, 0.05) is 22.9 Å². The molecule has 1 aromatic heterocycles. The normalized spacial score (nSPS) is 11.7. The van der Waals surface area contributed by atoms with Gasteiger partial charge in [-0.3, -0.25) is 4.79 Å². The van der Waals surface area contributed by atoms with Gasteiger partial charge >= 0.3 is 6.18 Å². The highest BCUT2D eigenvalue weighted by molar-refractivity contribution is 6.10. The number of hydrogen-bond donors (Lipinski definition) is 1.